The lowest BCUT2D eigenvalue weighted by Crippen LogP contribution is -2.31. The predicted octanol–water partition coefficient (Wildman–Crippen LogP) is 2.24. The Balaban J connectivity index is 0.00000147. The number of likely N-dealkylation sites (tertiary alicyclic amines) is 1. The van der Waals surface area contributed by atoms with E-state index >= 15 is 0 Å². The second-order valence-electron chi connectivity index (χ2n) is 6.05. The van der Waals surface area contributed by atoms with Crippen molar-refractivity contribution < 1.29 is 0 Å². The quantitative estimate of drug-likeness (QED) is 0.944. The van der Waals surface area contributed by atoms with Gasteiger partial charge in [0.05, 0.1) is 11.4 Å². The fourth-order valence-corrected chi connectivity index (χ4v) is 2.99. The number of aryl methyl sites for hydroxylation is 1. The molecule has 0 radical (unpaired) electrons. The predicted molar refractivity (Wildman–Crippen MR) is 84.2 cm³/mol. The van der Waals surface area contributed by atoms with Crippen LogP contribution < -0.4 is 5.73 Å². The molecule has 0 aromatic carbocycles. The highest BCUT2D eigenvalue weighted by atomic mass is 35.5. The van der Waals surface area contributed by atoms with Crippen LogP contribution in [0.4, 0.5) is 0 Å². The molecule has 3 heterocycles. The summed E-state index contributed by atoms with van der Waals surface area (Å²) < 4.78 is 2.20. The highest BCUT2D eigenvalue weighted by Crippen LogP contribution is 2.29. The molecule has 1 saturated heterocycles. The smallest absolute Gasteiger partial charge is 0.137 e. The van der Waals surface area contributed by atoms with Crippen LogP contribution in [-0.2, 0) is 6.54 Å². The third-order valence-corrected chi connectivity index (χ3v) is 4.33. The van der Waals surface area contributed by atoms with E-state index in [2.05, 4.69) is 46.5 Å². The van der Waals surface area contributed by atoms with Gasteiger partial charge in [-0.25, -0.2) is 4.98 Å². The SMILES string of the molecule is Cc1nc2ccccn2c1CN1CCC(C)(CN)C1.Cl. The van der Waals surface area contributed by atoms with E-state index in [9.17, 15) is 0 Å². The zero-order valence-electron chi connectivity index (χ0n) is 12.2. The van der Waals surface area contributed by atoms with Crippen molar-refractivity contribution in [2.75, 3.05) is 19.6 Å². The Hall–Kier alpha value is -1.10. The van der Waals surface area contributed by atoms with Gasteiger partial charge in [0.2, 0.25) is 0 Å². The van der Waals surface area contributed by atoms with Crippen molar-refractivity contribution in [1.29, 1.82) is 0 Å². The van der Waals surface area contributed by atoms with Gasteiger partial charge in [0.1, 0.15) is 5.65 Å². The summed E-state index contributed by atoms with van der Waals surface area (Å²) in [6.45, 7) is 8.34. The molecule has 1 fully saturated rings. The molecule has 1 atom stereocenters. The molecule has 3 rings (SSSR count). The molecule has 0 saturated carbocycles. The lowest BCUT2D eigenvalue weighted by Gasteiger charge is -2.22. The first kappa shape index (κ1) is 15.3. The van der Waals surface area contributed by atoms with Crippen molar-refractivity contribution >= 4 is 18.1 Å². The number of rotatable bonds is 3. The van der Waals surface area contributed by atoms with Crippen molar-refractivity contribution in [2.24, 2.45) is 11.1 Å². The molecule has 2 N–H and O–H groups in total. The Labute approximate surface area is 126 Å². The Morgan fingerprint density at radius 3 is 2.90 bits per heavy atom. The maximum Gasteiger partial charge on any atom is 0.137 e. The second-order valence-corrected chi connectivity index (χ2v) is 6.05. The Bertz CT molecular complexity index is 595. The van der Waals surface area contributed by atoms with Gasteiger partial charge in [0.15, 0.2) is 0 Å². The molecule has 0 spiro atoms. The van der Waals surface area contributed by atoms with Gasteiger partial charge >= 0.3 is 0 Å². The average Bonchev–Trinajstić information content (AvgIpc) is 2.93. The molecule has 0 bridgehead atoms. The lowest BCUT2D eigenvalue weighted by atomic mass is 9.90. The molecule has 1 aliphatic heterocycles. The molecule has 5 heteroatoms. The fourth-order valence-electron chi connectivity index (χ4n) is 2.99. The number of halogens is 1. The molecule has 1 unspecified atom stereocenters. The third-order valence-electron chi connectivity index (χ3n) is 4.33. The van der Waals surface area contributed by atoms with Crippen LogP contribution in [0.2, 0.25) is 0 Å². The first-order valence-electron chi connectivity index (χ1n) is 6.96. The first-order valence-corrected chi connectivity index (χ1v) is 6.96. The van der Waals surface area contributed by atoms with E-state index in [0.717, 1.165) is 37.5 Å². The minimum Gasteiger partial charge on any atom is -0.330 e. The zero-order valence-corrected chi connectivity index (χ0v) is 13.0. The first-order chi connectivity index (χ1) is 9.11. The van der Waals surface area contributed by atoms with Crippen LogP contribution in [-0.4, -0.2) is 33.9 Å². The summed E-state index contributed by atoms with van der Waals surface area (Å²) in [6, 6.07) is 6.16. The van der Waals surface area contributed by atoms with Gasteiger partial charge in [-0.2, -0.15) is 0 Å². The zero-order chi connectivity index (χ0) is 13.5. The Kier molecular flexibility index (Phi) is 4.37. The summed E-state index contributed by atoms with van der Waals surface area (Å²) in [7, 11) is 0. The van der Waals surface area contributed by atoms with Gasteiger partial charge in [-0.05, 0) is 44.0 Å². The van der Waals surface area contributed by atoms with E-state index in [0.29, 0.717) is 0 Å². The number of hydrogen-bond donors (Lipinski definition) is 1. The lowest BCUT2D eigenvalue weighted by molar-refractivity contribution is 0.271. The summed E-state index contributed by atoms with van der Waals surface area (Å²) in [5.74, 6) is 0. The molecule has 2 aromatic heterocycles. The number of hydrogen-bond acceptors (Lipinski definition) is 3. The van der Waals surface area contributed by atoms with Crippen LogP contribution in [0.3, 0.4) is 0 Å². The molecule has 2 aromatic rings. The van der Waals surface area contributed by atoms with Crippen LogP contribution in [0.1, 0.15) is 24.7 Å². The number of fused-ring (bicyclic) bond motifs is 1. The van der Waals surface area contributed by atoms with Crippen molar-refractivity contribution in [2.45, 2.75) is 26.8 Å². The summed E-state index contributed by atoms with van der Waals surface area (Å²) in [5.41, 5.74) is 9.64. The number of imidazole rings is 1. The van der Waals surface area contributed by atoms with Gasteiger partial charge in [0.25, 0.3) is 0 Å². The van der Waals surface area contributed by atoms with Crippen LogP contribution in [0.15, 0.2) is 24.4 Å². The Morgan fingerprint density at radius 2 is 2.20 bits per heavy atom. The van der Waals surface area contributed by atoms with Crippen molar-refractivity contribution in [3.63, 3.8) is 0 Å². The minimum atomic E-state index is 0. The number of nitrogens with two attached hydrogens (primary N) is 1. The normalized spacial score (nSPS) is 23.1. The highest BCUT2D eigenvalue weighted by Gasteiger charge is 2.32. The van der Waals surface area contributed by atoms with E-state index in [1.54, 1.807) is 0 Å². The van der Waals surface area contributed by atoms with Gasteiger partial charge in [-0.15, -0.1) is 12.4 Å². The van der Waals surface area contributed by atoms with E-state index < -0.39 is 0 Å². The van der Waals surface area contributed by atoms with Crippen molar-refractivity contribution in [3.8, 4) is 0 Å². The number of aromatic nitrogens is 2. The summed E-state index contributed by atoms with van der Waals surface area (Å²) in [5, 5.41) is 0. The van der Waals surface area contributed by atoms with Crippen LogP contribution in [0.25, 0.3) is 5.65 Å². The number of pyridine rings is 1. The van der Waals surface area contributed by atoms with Gasteiger partial charge in [-0.1, -0.05) is 13.0 Å². The molecule has 20 heavy (non-hydrogen) atoms. The van der Waals surface area contributed by atoms with E-state index in [1.807, 2.05) is 6.07 Å². The van der Waals surface area contributed by atoms with Crippen molar-refractivity contribution in [1.82, 2.24) is 14.3 Å². The highest BCUT2D eigenvalue weighted by molar-refractivity contribution is 5.85. The van der Waals surface area contributed by atoms with Crippen LogP contribution in [0.5, 0.6) is 0 Å². The molecule has 110 valence electrons. The molecular formula is C15H23ClN4. The topological polar surface area (TPSA) is 46.6 Å². The largest absolute Gasteiger partial charge is 0.330 e. The fraction of sp³-hybridized carbons (Fsp3) is 0.533. The summed E-state index contributed by atoms with van der Waals surface area (Å²) in [6.07, 6.45) is 3.29. The second kappa shape index (κ2) is 5.72. The van der Waals surface area contributed by atoms with Crippen LogP contribution in [0, 0.1) is 12.3 Å². The van der Waals surface area contributed by atoms with Gasteiger partial charge in [0, 0.05) is 19.3 Å². The monoisotopic (exact) mass is 294 g/mol. The molecule has 0 aliphatic carbocycles. The van der Waals surface area contributed by atoms with Crippen molar-refractivity contribution in [3.05, 3.63) is 35.8 Å². The Morgan fingerprint density at radius 1 is 1.40 bits per heavy atom. The maximum atomic E-state index is 5.88. The van der Waals surface area contributed by atoms with Gasteiger partial charge < -0.3 is 10.1 Å². The standard InChI is InChI=1S/C15H22N4.ClH/c1-12-13(19-7-4-3-5-14(19)17-12)9-18-8-6-15(2,10-16)11-18;/h3-5,7H,6,8-11,16H2,1-2H3;1H. The van der Waals surface area contributed by atoms with Crippen LogP contribution >= 0.6 is 12.4 Å². The average molecular weight is 295 g/mol. The van der Waals surface area contributed by atoms with Gasteiger partial charge in [-0.3, -0.25) is 4.90 Å². The maximum absolute atomic E-state index is 5.88. The molecule has 0 amide bonds. The molecule has 4 nitrogen and oxygen atoms in total. The van der Waals surface area contributed by atoms with E-state index in [4.69, 9.17) is 5.73 Å². The third kappa shape index (κ3) is 2.68. The minimum absolute atomic E-state index is 0. The van der Waals surface area contributed by atoms with E-state index in [1.165, 1.54) is 12.1 Å². The van der Waals surface area contributed by atoms with E-state index in [-0.39, 0.29) is 17.8 Å². The summed E-state index contributed by atoms with van der Waals surface area (Å²) >= 11 is 0. The number of nitrogens with zero attached hydrogens (tertiary/aromatic N) is 3. The molecule has 1 aliphatic rings. The molecular weight excluding hydrogens is 272 g/mol. The summed E-state index contributed by atoms with van der Waals surface area (Å²) in [4.78, 5) is 7.12.